The van der Waals surface area contributed by atoms with Gasteiger partial charge in [-0.3, -0.25) is 0 Å². The number of aliphatic hydroxyl groups is 1. The van der Waals surface area contributed by atoms with Crippen LogP contribution in [0.5, 0.6) is 0 Å². The molecule has 22 heavy (non-hydrogen) atoms. The molecule has 5 heteroatoms. The Morgan fingerprint density at radius 1 is 1.27 bits per heavy atom. The minimum Gasteiger partial charge on any atom is -0.396 e. The molecule has 0 aromatic heterocycles. The number of nitrogens with one attached hydrogen (secondary N) is 1. The van der Waals surface area contributed by atoms with E-state index in [1.165, 1.54) is 25.7 Å². The van der Waals surface area contributed by atoms with E-state index >= 15 is 0 Å². The summed E-state index contributed by atoms with van der Waals surface area (Å²) in [4.78, 5) is 14.0. The summed E-state index contributed by atoms with van der Waals surface area (Å²) in [6.07, 6.45) is 8.22. The molecule has 2 rings (SSSR count). The number of rotatable bonds is 7. The van der Waals surface area contributed by atoms with Gasteiger partial charge in [0.25, 0.3) is 0 Å². The molecule has 1 saturated carbocycles. The molecule has 1 saturated heterocycles. The third kappa shape index (κ3) is 5.13. The van der Waals surface area contributed by atoms with Crippen LogP contribution < -0.4 is 5.32 Å². The number of hydrogen-bond donors (Lipinski definition) is 2. The first kappa shape index (κ1) is 17.5. The smallest absolute Gasteiger partial charge is 0.317 e. The Kier molecular flexibility index (Phi) is 7.46. The number of carbonyl (C=O) groups is 1. The van der Waals surface area contributed by atoms with E-state index < -0.39 is 0 Å². The zero-order valence-electron chi connectivity index (χ0n) is 13.9. The first-order valence-corrected chi connectivity index (χ1v) is 8.99. The lowest BCUT2D eigenvalue weighted by Gasteiger charge is -2.31. The van der Waals surface area contributed by atoms with Gasteiger partial charge >= 0.3 is 6.03 Å². The Bertz CT molecular complexity index is 324. The fourth-order valence-corrected chi connectivity index (χ4v) is 3.75. The van der Waals surface area contributed by atoms with Gasteiger partial charge < -0.3 is 20.1 Å². The zero-order valence-corrected chi connectivity index (χ0v) is 13.9. The molecule has 128 valence electrons. The number of carbonyl (C=O) groups excluding carboxylic acids is 1. The first-order valence-electron chi connectivity index (χ1n) is 8.99. The average Bonchev–Trinajstić information content (AvgIpc) is 3.08. The highest BCUT2D eigenvalue weighted by molar-refractivity contribution is 5.74. The van der Waals surface area contributed by atoms with E-state index in [9.17, 15) is 4.79 Å². The van der Waals surface area contributed by atoms with Crippen LogP contribution in [0.25, 0.3) is 0 Å². The molecule has 0 radical (unpaired) electrons. The summed E-state index contributed by atoms with van der Waals surface area (Å²) in [5, 5.41) is 12.2. The van der Waals surface area contributed by atoms with Gasteiger partial charge in [0.2, 0.25) is 0 Å². The zero-order chi connectivity index (χ0) is 15.8. The second-order valence-corrected chi connectivity index (χ2v) is 6.67. The van der Waals surface area contributed by atoms with Crippen molar-refractivity contribution in [2.45, 2.75) is 58.0 Å². The van der Waals surface area contributed by atoms with Crippen molar-refractivity contribution in [3.8, 4) is 0 Å². The number of hydrogen-bond acceptors (Lipinski definition) is 3. The van der Waals surface area contributed by atoms with Crippen molar-refractivity contribution < 1.29 is 14.6 Å². The molecule has 1 heterocycles. The highest BCUT2D eigenvalue weighted by Gasteiger charge is 2.26. The molecule has 0 aromatic rings. The molecule has 1 aliphatic heterocycles. The van der Waals surface area contributed by atoms with E-state index in [4.69, 9.17) is 9.84 Å². The third-order valence-electron chi connectivity index (χ3n) is 5.17. The van der Waals surface area contributed by atoms with E-state index in [1.807, 2.05) is 11.8 Å². The van der Waals surface area contributed by atoms with E-state index in [1.54, 1.807) is 0 Å². The lowest BCUT2D eigenvalue weighted by molar-refractivity contribution is 0.0164. The Labute approximate surface area is 134 Å². The molecule has 2 fully saturated rings. The van der Waals surface area contributed by atoms with Gasteiger partial charge in [-0.2, -0.15) is 0 Å². The number of likely N-dealkylation sites (tertiary alicyclic amines) is 1. The van der Waals surface area contributed by atoms with Crippen LogP contribution >= 0.6 is 0 Å². The minimum atomic E-state index is 0.0399. The van der Waals surface area contributed by atoms with E-state index in [2.05, 4.69) is 5.32 Å². The maximum Gasteiger partial charge on any atom is 0.317 e. The van der Waals surface area contributed by atoms with Gasteiger partial charge in [-0.15, -0.1) is 0 Å². The fourth-order valence-electron chi connectivity index (χ4n) is 3.75. The maximum atomic E-state index is 12.2. The van der Waals surface area contributed by atoms with Crippen molar-refractivity contribution in [1.29, 1.82) is 0 Å². The summed E-state index contributed by atoms with van der Waals surface area (Å²) in [5.74, 6) is 1.05. The van der Waals surface area contributed by atoms with Crippen molar-refractivity contribution >= 4 is 6.03 Å². The Morgan fingerprint density at radius 3 is 2.55 bits per heavy atom. The molecular weight excluding hydrogens is 280 g/mol. The highest BCUT2D eigenvalue weighted by atomic mass is 16.5. The largest absolute Gasteiger partial charge is 0.396 e. The molecule has 1 aliphatic carbocycles. The minimum absolute atomic E-state index is 0.0399. The van der Waals surface area contributed by atoms with Crippen molar-refractivity contribution in [2.75, 3.05) is 32.8 Å². The predicted octanol–water partition coefficient (Wildman–Crippen LogP) is 2.39. The van der Waals surface area contributed by atoms with Gasteiger partial charge in [0.1, 0.15) is 0 Å². The maximum absolute atomic E-state index is 12.2. The van der Waals surface area contributed by atoms with E-state index in [0.717, 1.165) is 39.0 Å². The summed E-state index contributed by atoms with van der Waals surface area (Å²) < 4.78 is 5.89. The summed E-state index contributed by atoms with van der Waals surface area (Å²) in [5.41, 5.74) is 0. The van der Waals surface area contributed by atoms with Crippen LogP contribution in [0.15, 0.2) is 0 Å². The lowest BCUT2D eigenvalue weighted by Crippen LogP contribution is -2.45. The summed E-state index contributed by atoms with van der Waals surface area (Å²) in [7, 11) is 0. The van der Waals surface area contributed by atoms with Gasteiger partial charge in [0.05, 0.1) is 6.10 Å². The fraction of sp³-hybridized carbons (Fsp3) is 0.941. The molecule has 2 amide bonds. The van der Waals surface area contributed by atoms with Crippen LogP contribution in [-0.4, -0.2) is 55.0 Å². The number of ether oxygens (including phenoxy) is 1. The van der Waals surface area contributed by atoms with Crippen molar-refractivity contribution in [2.24, 2.45) is 11.8 Å². The molecule has 0 bridgehead atoms. The molecular formula is C17H32N2O3. The van der Waals surface area contributed by atoms with Crippen LogP contribution in [0.1, 0.15) is 51.9 Å². The highest BCUT2D eigenvalue weighted by Crippen LogP contribution is 2.30. The molecule has 5 nitrogen and oxygen atoms in total. The van der Waals surface area contributed by atoms with E-state index in [0.29, 0.717) is 24.5 Å². The first-order chi connectivity index (χ1) is 10.7. The summed E-state index contributed by atoms with van der Waals surface area (Å²) in [6, 6.07) is 0.0399. The van der Waals surface area contributed by atoms with Gasteiger partial charge in [0.15, 0.2) is 0 Å². The lowest BCUT2D eigenvalue weighted by atomic mass is 9.97. The Balaban J connectivity index is 1.66. The number of piperidine rings is 1. The van der Waals surface area contributed by atoms with Crippen LogP contribution in [-0.2, 0) is 4.74 Å². The average molecular weight is 312 g/mol. The predicted molar refractivity (Wildman–Crippen MR) is 86.8 cm³/mol. The normalized spacial score (nSPS) is 22.0. The van der Waals surface area contributed by atoms with Gasteiger partial charge in [-0.05, 0) is 50.9 Å². The van der Waals surface area contributed by atoms with Crippen LogP contribution in [0.3, 0.4) is 0 Å². The second kappa shape index (κ2) is 9.36. The topological polar surface area (TPSA) is 61.8 Å². The number of amides is 2. The number of aliphatic hydroxyl groups excluding tert-OH is 1. The standard InChI is InChI=1S/C17H32N2O3/c1-2-22-16(15-5-3-4-6-15)7-10-18-17(21)19-11-8-14(13-20)9-12-19/h14-16,20H,2-13H2,1H3,(H,18,21). The molecule has 1 atom stereocenters. The van der Waals surface area contributed by atoms with Crippen LogP contribution in [0.2, 0.25) is 0 Å². The monoisotopic (exact) mass is 312 g/mol. The van der Waals surface area contributed by atoms with Crippen molar-refractivity contribution in [3.05, 3.63) is 0 Å². The summed E-state index contributed by atoms with van der Waals surface area (Å²) >= 11 is 0. The van der Waals surface area contributed by atoms with Crippen molar-refractivity contribution in [3.63, 3.8) is 0 Å². The van der Waals surface area contributed by atoms with Gasteiger partial charge in [-0.25, -0.2) is 4.79 Å². The molecule has 0 aromatic carbocycles. The number of nitrogens with zero attached hydrogens (tertiary/aromatic N) is 1. The Morgan fingerprint density at radius 2 is 1.95 bits per heavy atom. The molecule has 0 spiro atoms. The van der Waals surface area contributed by atoms with Crippen LogP contribution in [0, 0.1) is 11.8 Å². The second-order valence-electron chi connectivity index (χ2n) is 6.67. The van der Waals surface area contributed by atoms with E-state index in [-0.39, 0.29) is 12.6 Å². The van der Waals surface area contributed by atoms with Crippen LogP contribution in [0.4, 0.5) is 4.79 Å². The summed E-state index contributed by atoms with van der Waals surface area (Å²) in [6.45, 7) is 5.26. The van der Waals surface area contributed by atoms with Crippen molar-refractivity contribution in [1.82, 2.24) is 10.2 Å². The van der Waals surface area contributed by atoms with Gasteiger partial charge in [-0.1, -0.05) is 12.8 Å². The Hall–Kier alpha value is -0.810. The molecule has 1 unspecified atom stereocenters. The third-order valence-corrected chi connectivity index (χ3v) is 5.17. The molecule has 2 aliphatic rings. The van der Waals surface area contributed by atoms with Gasteiger partial charge in [0, 0.05) is 32.8 Å². The SMILES string of the molecule is CCOC(CCNC(=O)N1CCC(CO)CC1)C1CCCC1. The number of urea groups is 1. The molecule has 2 N–H and O–H groups in total. The quantitative estimate of drug-likeness (QED) is 0.759.